The van der Waals surface area contributed by atoms with Crippen molar-refractivity contribution in [2.24, 2.45) is 0 Å². The van der Waals surface area contributed by atoms with E-state index in [2.05, 4.69) is 5.32 Å². The molecule has 1 atom stereocenters. The van der Waals surface area contributed by atoms with E-state index in [1.807, 2.05) is 37.3 Å². The molecule has 142 valence electrons. The Morgan fingerprint density at radius 1 is 1.19 bits per heavy atom. The maximum absolute atomic E-state index is 12.0. The quantitative estimate of drug-likeness (QED) is 0.734. The highest BCUT2D eigenvalue weighted by atomic mass is 35.5. The predicted octanol–water partition coefficient (Wildman–Crippen LogP) is 3.42. The lowest BCUT2D eigenvalue weighted by Gasteiger charge is -2.15. The maximum Gasteiger partial charge on any atom is 0.306 e. The summed E-state index contributed by atoms with van der Waals surface area (Å²) in [6.45, 7) is 1.72. The summed E-state index contributed by atoms with van der Waals surface area (Å²) >= 11 is 6.05. The number of ether oxygens (including phenoxy) is 3. The van der Waals surface area contributed by atoms with Gasteiger partial charge in [0.15, 0.2) is 18.1 Å². The third kappa shape index (κ3) is 5.14. The van der Waals surface area contributed by atoms with E-state index in [-0.39, 0.29) is 31.8 Å². The molecule has 0 radical (unpaired) electrons. The Kier molecular flexibility index (Phi) is 6.19. The van der Waals surface area contributed by atoms with Crippen molar-refractivity contribution in [3.05, 3.63) is 58.6 Å². The molecule has 0 spiro atoms. The van der Waals surface area contributed by atoms with Crippen LogP contribution in [0.2, 0.25) is 5.02 Å². The van der Waals surface area contributed by atoms with Crippen LogP contribution in [0.5, 0.6) is 11.5 Å². The Morgan fingerprint density at radius 2 is 1.96 bits per heavy atom. The molecule has 7 heteroatoms. The van der Waals surface area contributed by atoms with Gasteiger partial charge in [-0.15, -0.1) is 0 Å². The number of halogens is 1. The van der Waals surface area contributed by atoms with E-state index in [1.165, 1.54) is 0 Å². The van der Waals surface area contributed by atoms with Crippen LogP contribution in [-0.4, -0.2) is 25.3 Å². The zero-order chi connectivity index (χ0) is 19.2. The molecule has 1 unspecified atom stereocenters. The van der Waals surface area contributed by atoms with Gasteiger partial charge in [-0.3, -0.25) is 9.59 Å². The Balaban J connectivity index is 1.42. The molecule has 2 aromatic rings. The van der Waals surface area contributed by atoms with Gasteiger partial charge in [-0.25, -0.2) is 0 Å². The number of rotatable bonds is 7. The number of amides is 1. The lowest BCUT2D eigenvalue weighted by atomic mass is 10.1. The van der Waals surface area contributed by atoms with Crippen LogP contribution >= 0.6 is 11.6 Å². The Morgan fingerprint density at radius 3 is 2.78 bits per heavy atom. The van der Waals surface area contributed by atoms with Crippen LogP contribution in [-0.2, 0) is 20.7 Å². The highest BCUT2D eigenvalue weighted by Gasteiger charge is 2.17. The minimum absolute atomic E-state index is 0.161. The number of carbonyl (C=O) groups excluding carboxylic acids is 2. The highest BCUT2D eigenvalue weighted by Crippen LogP contribution is 2.34. The molecule has 0 bridgehead atoms. The van der Waals surface area contributed by atoms with Gasteiger partial charge in [-0.1, -0.05) is 35.9 Å². The first-order valence-electron chi connectivity index (χ1n) is 8.61. The summed E-state index contributed by atoms with van der Waals surface area (Å²) in [5.74, 6) is 0.524. The van der Waals surface area contributed by atoms with Gasteiger partial charge in [0.2, 0.25) is 6.79 Å². The lowest BCUT2D eigenvalue weighted by molar-refractivity contribution is -0.148. The van der Waals surface area contributed by atoms with Crippen molar-refractivity contribution in [3.63, 3.8) is 0 Å². The van der Waals surface area contributed by atoms with Crippen LogP contribution in [0.15, 0.2) is 42.5 Å². The van der Waals surface area contributed by atoms with Crippen LogP contribution in [0.4, 0.5) is 0 Å². The standard InChI is InChI=1S/C20H20ClNO5/c1-13(15-6-8-17-18(10-15)27-12-26-17)22-19(23)11-25-20(24)9-7-14-4-2-3-5-16(14)21/h2-6,8,10,13H,7,9,11-12H2,1H3,(H,22,23). The van der Waals surface area contributed by atoms with E-state index in [4.69, 9.17) is 25.8 Å². The molecular formula is C20H20ClNO5. The normalized spacial score (nSPS) is 13.1. The van der Waals surface area contributed by atoms with Gasteiger partial charge < -0.3 is 19.5 Å². The molecule has 1 aliphatic rings. The second kappa shape index (κ2) is 8.77. The summed E-state index contributed by atoms with van der Waals surface area (Å²) in [4.78, 5) is 23.9. The number of aryl methyl sites for hydroxylation is 1. The minimum Gasteiger partial charge on any atom is -0.456 e. The molecule has 1 aliphatic heterocycles. The topological polar surface area (TPSA) is 73.9 Å². The Bertz CT molecular complexity index is 839. The maximum atomic E-state index is 12.0. The fourth-order valence-electron chi connectivity index (χ4n) is 2.71. The monoisotopic (exact) mass is 389 g/mol. The Labute approximate surface area is 162 Å². The van der Waals surface area contributed by atoms with Crippen LogP contribution in [0.3, 0.4) is 0 Å². The molecule has 1 N–H and O–H groups in total. The third-order valence-electron chi connectivity index (χ3n) is 4.19. The van der Waals surface area contributed by atoms with E-state index >= 15 is 0 Å². The van der Waals surface area contributed by atoms with E-state index in [1.54, 1.807) is 12.1 Å². The number of hydrogen-bond acceptors (Lipinski definition) is 5. The first kappa shape index (κ1) is 19.0. The smallest absolute Gasteiger partial charge is 0.306 e. The highest BCUT2D eigenvalue weighted by molar-refractivity contribution is 6.31. The van der Waals surface area contributed by atoms with Crippen LogP contribution in [0, 0.1) is 0 Å². The van der Waals surface area contributed by atoms with E-state index < -0.39 is 5.97 Å². The average Bonchev–Trinajstić information content (AvgIpc) is 3.13. The first-order chi connectivity index (χ1) is 13.0. The summed E-state index contributed by atoms with van der Waals surface area (Å²) in [7, 11) is 0. The van der Waals surface area contributed by atoms with Crippen molar-refractivity contribution in [2.45, 2.75) is 25.8 Å². The molecule has 0 aromatic heterocycles. The number of esters is 1. The summed E-state index contributed by atoms with van der Waals surface area (Å²) in [6, 6.07) is 12.5. The van der Waals surface area contributed by atoms with Gasteiger partial charge in [0.05, 0.1) is 6.04 Å². The zero-order valence-electron chi connectivity index (χ0n) is 14.9. The van der Waals surface area contributed by atoms with Crippen molar-refractivity contribution in [1.29, 1.82) is 0 Å². The summed E-state index contributed by atoms with van der Waals surface area (Å²) in [5, 5.41) is 3.40. The van der Waals surface area contributed by atoms with Gasteiger partial charge in [0.25, 0.3) is 5.91 Å². The summed E-state index contributed by atoms with van der Waals surface area (Å²) in [6.07, 6.45) is 0.627. The predicted molar refractivity (Wildman–Crippen MR) is 99.9 cm³/mol. The second-order valence-electron chi connectivity index (χ2n) is 6.15. The van der Waals surface area contributed by atoms with Crippen molar-refractivity contribution in [1.82, 2.24) is 5.32 Å². The zero-order valence-corrected chi connectivity index (χ0v) is 15.6. The van der Waals surface area contributed by atoms with Crippen LogP contribution in [0.1, 0.15) is 30.5 Å². The van der Waals surface area contributed by atoms with E-state index in [0.29, 0.717) is 22.9 Å². The molecule has 2 aromatic carbocycles. The Hall–Kier alpha value is -2.73. The second-order valence-corrected chi connectivity index (χ2v) is 6.56. The molecule has 0 saturated carbocycles. The number of fused-ring (bicyclic) bond motifs is 1. The minimum atomic E-state index is -0.444. The van der Waals surface area contributed by atoms with Gasteiger partial charge in [0, 0.05) is 11.4 Å². The molecule has 3 rings (SSSR count). The SMILES string of the molecule is CC(NC(=O)COC(=O)CCc1ccccc1Cl)c1ccc2c(c1)OCO2. The first-order valence-corrected chi connectivity index (χ1v) is 8.98. The van der Waals surface area contributed by atoms with Crippen LogP contribution < -0.4 is 14.8 Å². The van der Waals surface area contributed by atoms with Crippen LogP contribution in [0.25, 0.3) is 0 Å². The molecule has 0 saturated heterocycles. The van der Waals surface area contributed by atoms with E-state index in [0.717, 1.165) is 11.1 Å². The molecule has 0 aliphatic carbocycles. The summed E-state index contributed by atoms with van der Waals surface area (Å²) < 4.78 is 15.6. The van der Waals surface area contributed by atoms with Gasteiger partial charge >= 0.3 is 5.97 Å². The number of nitrogens with one attached hydrogen (secondary N) is 1. The lowest BCUT2D eigenvalue weighted by Crippen LogP contribution is -2.31. The van der Waals surface area contributed by atoms with Crippen molar-refractivity contribution < 1.29 is 23.8 Å². The fraction of sp³-hybridized carbons (Fsp3) is 0.300. The van der Waals surface area contributed by atoms with Crippen molar-refractivity contribution in [3.8, 4) is 11.5 Å². The number of carbonyl (C=O) groups is 2. The molecule has 6 nitrogen and oxygen atoms in total. The fourth-order valence-corrected chi connectivity index (χ4v) is 2.94. The van der Waals surface area contributed by atoms with Crippen molar-refractivity contribution >= 4 is 23.5 Å². The number of hydrogen-bond donors (Lipinski definition) is 1. The molecular weight excluding hydrogens is 370 g/mol. The van der Waals surface area contributed by atoms with Crippen molar-refractivity contribution in [2.75, 3.05) is 13.4 Å². The van der Waals surface area contributed by atoms with E-state index in [9.17, 15) is 9.59 Å². The van der Waals surface area contributed by atoms with Gasteiger partial charge in [-0.05, 0) is 42.7 Å². The summed E-state index contributed by atoms with van der Waals surface area (Å²) in [5.41, 5.74) is 1.75. The van der Waals surface area contributed by atoms with Gasteiger partial charge in [0.1, 0.15) is 0 Å². The average molecular weight is 390 g/mol. The largest absolute Gasteiger partial charge is 0.456 e. The molecule has 1 amide bonds. The molecule has 0 fully saturated rings. The number of benzene rings is 2. The molecule has 1 heterocycles. The van der Waals surface area contributed by atoms with Gasteiger partial charge in [-0.2, -0.15) is 0 Å². The molecule has 27 heavy (non-hydrogen) atoms. The third-order valence-corrected chi connectivity index (χ3v) is 4.56.